The van der Waals surface area contributed by atoms with E-state index in [4.69, 9.17) is 5.73 Å². The molecule has 92 valence electrons. The summed E-state index contributed by atoms with van der Waals surface area (Å²) < 4.78 is 26.7. The van der Waals surface area contributed by atoms with Crippen molar-refractivity contribution >= 4 is 5.91 Å². The molecule has 0 spiro atoms. The van der Waals surface area contributed by atoms with Gasteiger partial charge in [0.25, 0.3) is 0 Å². The molecule has 1 saturated carbocycles. The molecule has 17 heavy (non-hydrogen) atoms. The summed E-state index contributed by atoms with van der Waals surface area (Å²) in [6, 6.07) is 3.21. The highest BCUT2D eigenvalue weighted by molar-refractivity contribution is 5.91. The van der Waals surface area contributed by atoms with E-state index in [1.807, 2.05) is 0 Å². The van der Waals surface area contributed by atoms with E-state index in [-0.39, 0.29) is 11.5 Å². The standard InChI is InChI=1S/C12H14F2N2O/c13-8-1-2-10(14)9(7-8)12(3-4-12)11(17)16-6-5-15/h1-2,7H,3-6,15H2,(H,16,17). The minimum Gasteiger partial charge on any atom is -0.354 e. The van der Waals surface area contributed by atoms with E-state index in [9.17, 15) is 13.6 Å². The molecule has 0 atom stereocenters. The molecule has 1 aliphatic rings. The monoisotopic (exact) mass is 240 g/mol. The van der Waals surface area contributed by atoms with Gasteiger partial charge in [0.2, 0.25) is 5.91 Å². The molecule has 0 radical (unpaired) electrons. The molecule has 3 nitrogen and oxygen atoms in total. The summed E-state index contributed by atoms with van der Waals surface area (Å²) in [5, 5.41) is 2.63. The summed E-state index contributed by atoms with van der Waals surface area (Å²) in [5.74, 6) is -1.33. The molecule has 2 rings (SSSR count). The van der Waals surface area contributed by atoms with Crippen molar-refractivity contribution in [3.8, 4) is 0 Å². The van der Waals surface area contributed by atoms with Crippen LogP contribution in [0.2, 0.25) is 0 Å². The lowest BCUT2D eigenvalue weighted by atomic mass is 9.94. The van der Waals surface area contributed by atoms with Crippen molar-refractivity contribution in [2.75, 3.05) is 13.1 Å². The van der Waals surface area contributed by atoms with Crippen LogP contribution in [0, 0.1) is 11.6 Å². The molecule has 0 aromatic heterocycles. The van der Waals surface area contributed by atoms with Crippen LogP contribution in [-0.4, -0.2) is 19.0 Å². The van der Waals surface area contributed by atoms with E-state index in [0.717, 1.165) is 18.2 Å². The third kappa shape index (κ3) is 2.15. The van der Waals surface area contributed by atoms with Crippen molar-refractivity contribution in [3.63, 3.8) is 0 Å². The maximum absolute atomic E-state index is 13.6. The average molecular weight is 240 g/mol. The number of rotatable bonds is 4. The molecule has 1 fully saturated rings. The highest BCUT2D eigenvalue weighted by Crippen LogP contribution is 2.49. The first-order valence-corrected chi connectivity index (χ1v) is 5.54. The zero-order valence-corrected chi connectivity index (χ0v) is 9.30. The van der Waals surface area contributed by atoms with Gasteiger partial charge < -0.3 is 11.1 Å². The first-order valence-electron chi connectivity index (χ1n) is 5.54. The van der Waals surface area contributed by atoms with Gasteiger partial charge in [0.15, 0.2) is 0 Å². The summed E-state index contributed by atoms with van der Waals surface area (Å²) in [5.41, 5.74) is 4.54. The van der Waals surface area contributed by atoms with Gasteiger partial charge in [0, 0.05) is 18.7 Å². The molecule has 5 heteroatoms. The molecule has 1 amide bonds. The van der Waals surface area contributed by atoms with Gasteiger partial charge in [-0.2, -0.15) is 0 Å². The number of carbonyl (C=O) groups excluding carboxylic acids is 1. The molecule has 1 aromatic rings. The van der Waals surface area contributed by atoms with Crippen LogP contribution >= 0.6 is 0 Å². The lowest BCUT2D eigenvalue weighted by molar-refractivity contribution is -0.123. The molecular weight excluding hydrogens is 226 g/mol. The third-order valence-electron chi connectivity index (χ3n) is 3.06. The topological polar surface area (TPSA) is 55.1 Å². The van der Waals surface area contributed by atoms with Crippen LogP contribution in [0.3, 0.4) is 0 Å². The minimum absolute atomic E-state index is 0.145. The highest BCUT2D eigenvalue weighted by atomic mass is 19.1. The summed E-state index contributed by atoms with van der Waals surface area (Å²) in [6.45, 7) is 0.672. The zero-order chi connectivity index (χ0) is 12.5. The fraction of sp³-hybridized carbons (Fsp3) is 0.417. The number of halogens is 2. The van der Waals surface area contributed by atoms with Crippen LogP contribution < -0.4 is 11.1 Å². The predicted molar refractivity (Wildman–Crippen MR) is 59.3 cm³/mol. The Bertz CT molecular complexity index is 444. The maximum Gasteiger partial charge on any atom is 0.230 e. The van der Waals surface area contributed by atoms with Crippen molar-refractivity contribution < 1.29 is 13.6 Å². The van der Waals surface area contributed by atoms with Gasteiger partial charge in [-0.3, -0.25) is 4.79 Å². The fourth-order valence-electron chi connectivity index (χ4n) is 1.96. The maximum atomic E-state index is 13.6. The van der Waals surface area contributed by atoms with Crippen molar-refractivity contribution in [2.24, 2.45) is 5.73 Å². The number of benzene rings is 1. The molecular formula is C12H14F2N2O. The van der Waals surface area contributed by atoms with E-state index in [1.165, 1.54) is 0 Å². The van der Waals surface area contributed by atoms with Gasteiger partial charge in [0.05, 0.1) is 5.41 Å². The van der Waals surface area contributed by atoms with E-state index in [2.05, 4.69) is 5.32 Å². The highest BCUT2D eigenvalue weighted by Gasteiger charge is 2.52. The minimum atomic E-state index is -0.888. The number of hydrogen-bond donors (Lipinski definition) is 2. The summed E-state index contributed by atoms with van der Waals surface area (Å²) in [4.78, 5) is 11.9. The number of amides is 1. The molecule has 0 bridgehead atoms. The molecule has 0 aliphatic heterocycles. The molecule has 0 heterocycles. The van der Waals surface area contributed by atoms with E-state index >= 15 is 0 Å². The van der Waals surface area contributed by atoms with Crippen LogP contribution in [0.25, 0.3) is 0 Å². The Morgan fingerprint density at radius 2 is 2.12 bits per heavy atom. The van der Waals surface area contributed by atoms with Crippen LogP contribution in [-0.2, 0) is 10.2 Å². The molecule has 0 saturated heterocycles. The molecule has 1 aromatic carbocycles. The van der Waals surface area contributed by atoms with Gasteiger partial charge in [-0.1, -0.05) is 0 Å². The average Bonchev–Trinajstić information content (AvgIpc) is 3.10. The van der Waals surface area contributed by atoms with Gasteiger partial charge in [0.1, 0.15) is 11.6 Å². The Kier molecular flexibility index (Phi) is 3.11. The number of carbonyl (C=O) groups is 1. The first-order chi connectivity index (χ1) is 8.10. The van der Waals surface area contributed by atoms with Crippen LogP contribution in [0.1, 0.15) is 18.4 Å². The van der Waals surface area contributed by atoms with Crippen LogP contribution in [0.5, 0.6) is 0 Å². The van der Waals surface area contributed by atoms with Crippen molar-refractivity contribution in [1.29, 1.82) is 0 Å². The smallest absolute Gasteiger partial charge is 0.230 e. The van der Waals surface area contributed by atoms with Crippen LogP contribution in [0.15, 0.2) is 18.2 Å². The molecule has 1 aliphatic carbocycles. The molecule has 0 unspecified atom stereocenters. The Morgan fingerprint density at radius 1 is 1.41 bits per heavy atom. The third-order valence-corrected chi connectivity index (χ3v) is 3.06. The quantitative estimate of drug-likeness (QED) is 0.827. The normalized spacial score (nSPS) is 16.6. The van der Waals surface area contributed by atoms with Crippen LogP contribution in [0.4, 0.5) is 8.78 Å². The van der Waals surface area contributed by atoms with E-state index in [1.54, 1.807) is 0 Å². The lowest BCUT2D eigenvalue weighted by Crippen LogP contribution is -2.38. The van der Waals surface area contributed by atoms with Gasteiger partial charge in [-0.25, -0.2) is 8.78 Å². The number of nitrogens with one attached hydrogen (secondary N) is 1. The van der Waals surface area contributed by atoms with E-state index in [0.29, 0.717) is 25.9 Å². The predicted octanol–water partition coefficient (Wildman–Crippen LogP) is 1.07. The van der Waals surface area contributed by atoms with Crippen molar-refractivity contribution in [1.82, 2.24) is 5.32 Å². The fourth-order valence-corrected chi connectivity index (χ4v) is 1.96. The zero-order valence-electron chi connectivity index (χ0n) is 9.30. The number of nitrogens with two attached hydrogens (primary N) is 1. The van der Waals surface area contributed by atoms with Gasteiger partial charge in [-0.05, 0) is 31.0 Å². The van der Waals surface area contributed by atoms with E-state index < -0.39 is 17.0 Å². The second-order valence-corrected chi connectivity index (χ2v) is 4.25. The summed E-state index contributed by atoms with van der Waals surface area (Å²) in [7, 11) is 0. The second-order valence-electron chi connectivity index (χ2n) is 4.25. The first kappa shape index (κ1) is 12.0. The molecule has 3 N–H and O–H groups in total. The largest absolute Gasteiger partial charge is 0.354 e. The Labute approximate surface area is 98.0 Å². The van der Waals surface area contributed by atoms with Gasteiger partial charge >= 0.3 is 0 Å². The summed E-state index contributed by atoms with van der Waals surface area (Å²) >= 11 is 0. The van der Waals surface area contributed by atoms with Crippen molar-refractivity contribution in [3.05, 3.63) is 35.4 Å². The summed E-state index contributed by atoms with van der Waals surface area (Å²) in [6.07, 6.45) is 1.09. The SMILES string of the molecule is NCCNC(=O)C1(c2cc(F)ccc2F)CC1. The Morgan fingerprint density at radius 3 is 2.71 bits per heavy atom. The Balaban J connectivity index is 2.26. The van der Waals surface area contributed by atoms with Gasteiger partial charge in [-0.15, -0.1) is 0 Å². The lowest BCUT2D eigenvalue weighted by Gasteiger charge is -2.16. The Hall–Kier alpha value is -1.49. The number of hydrogen-bond acceptors (Lipinski definition) is 2. The van der Waals surface area contributed by atoms with Crippen molar-refractivity contribution in [2.45, 2.75) is 18.3 Å². The second kappa shape index (κ2) is 4.41.